The van der Waals surface area contributed by atoms with Crippen molar-refractivity contribution in [2.45, 2.75) is 25.2 Å². The third-order valence-corrected chi connectivity index (χ3v) is 5.36. The van der Waals surface area contributed by atoms with Crippen molar-refractivity contribution < 1.29 is 9.90 Å². The van der Waals surface area contributed by atoms with Gasteiger partial charge in [0.1, 0.15) is 5.75 Å². The van der Waals surface area contributed by atoms with E-state index in [2.05, 4.69) is 34.5 Å². The van der Waals surface area contributed by atoms with Crippen LogP contribution in [0.1, 0.15) is 35.4 Å². The van der Waals surface area contributed by atoms with Crippen LogP contribution in [0.3, 0.4) is 0 Å². The van der Waals surface area contributed by atoms with E-state index in [-0.39, 0.29) is 11.7 Å². The van der Waals surface area contributed by atoms with Crippen molar-refractivity contribution >= 4 is 18.0 Å². The topological polar surface area (TPSA) is 52.6 Å². The molecule has 5 heteroatoms. The van der Waals surface area contributed by atoms with Crippen LogP contribution < -0.4 is 5.32 Å². The summed E-state index contributed by atoms with van der Waals surface area (Å²) in [6.45, 7) is 3.61. The van der Waals surface area contributed by atoms with Crippen LogP contribution in [0.15, 0.2) is 42.5 Å². The summed E-state index contributed by atoms with van der Waals surface area (Å²) in [5.41, 5.74) is 3.64. The molecule has 26 heavy (non-hydrogen) atoms. The second-order valence-corrected chi connectivity index (χ2v) is 7.20. The molecule has 0 aliphatic carbocycles. The molecule has 0 fully saturated rings. The number of carbonyl (C=O) groups is 1. The van der Waals surface area contributed by atoms with Gasteiger partial charge in [-0.3, -0.25) is 4.79 Å². The molecule has 2 aromatic carbocycles. The molecule has 1 amide bonds. The third-order valence-electron chi connectivity index (χ3n) is 5.05. The van der Waals surface area contributed by atoms with E-state index in [1.165, 1.54) is 16.7 Å². The average Bonchev–Trinajstić information content (AvgIpc) is 2.83. The van der Waals surface area contributed by atoms with Crippen LogP contribution in [-0.4, -0.2) is 42.6 Å². The largest absolute Gasteiger partial charge is 0.506 e. The molecule has 0 radical (unpaired) electrons. The lowest BCUT2D eigenvalue weighted by molar-refractivity contribution is -0.109. The molecule has 0 aromatic heterocycles. The number of nitrogens with zero attached hydrogens (tertiary/aromatic N) is 1. The number of unbranched alkanes of at least 4 members (excludes halogenated alkanes) is 1. The molecule has 0 bridgehead atoms. The first kappa shape index (κ1) is 18.7. The van der Waals surface area contributed by atoms with Crippen molar-refractivity contribution in [2.24, 2.45) is 0 Å². The van der Waals surface area contributed by atoms with Crippen molar-refractivity contribution in [1.29, 1.82) is 0 Å². The first-order valence-electron chi connectivity index (χ1n) is 9.14. The fourth-order valence-electron chi connectivity index (χ4n) is 3.68. The minimum absolute atomic E-state index is 0.153. The Morgan fingerprint density at radius 3 is 2.81 bits per heavy atom. The Balaban J connectivity index is 1.81. The molecule has 2 N–H and O–H groups in total. The number of hydrogen-bond donors (Lipinski definition) is 2. The molecule has 1 atom stereocenters. The fraction of sp³-hybridized carbons (Fsp3) is 0.381. The number of benzene rings is 2. The van der Waals surface area contributed by atoms with Gasteiger partial charge in [-0.05, 0) is 54.6 Å². The Hall–Kier alpha value is -2.04. The average molecular weight is 373 g/mol. The number of nitrogens with one attached hydrogen (secondary N) is 1. The Morgan fingerprint density at radius 2 is 2.04 bits per heavy atom. The van der Waals surface area contributed by atoms with E-state index in [1.807, 2.05) is 18.2 Å². The molecular weight excluding hydrogens is 348 g/mol. The Labute approximate surface area is 159 Å². The molecule has 0 saturated carbocycles. The normalized spacial score (nSPS) is 17.3. The van der Waals surface area contributed by atoms with Crippen molar-refractivity contribution in [1.82, 2.24) is 10.2 Å². The molecule has 3 rings (SSSR count). The van der Waals surface area contributed by atoms with E-state index in [9.17, 15) is 9.90 Å². The molecule has 0 saturated heterocycles. The molecule has 0 spiro atoms. The molecule has 2 aromatic rings. The van der Waals surface area contributed by atoms with Gasteiger partial charge in [0.25, 0.3) is 0 Å². The van der Waals surface area contributed by atoms with Gasteiger partial charge < -0.3 is 15.3 Å². The lowest BCUT2D eigenvalue weighted by atomic mass is 9.88. The summed E-state index contributed by atoms with van der Waals surface area (Å²) in [6, 6.07) is 14.2. The van der Waals surface area contributed by atoms with Crippen LogP contribution in [0.4, 0.5) is 0 Å². The lowest BCUT2D eigenvalue weighted by Gasteiger charge is -2.25. The quantitative estimate of drug-likeness (QED) is 0.577. The third kappa shape index (κ3) is 4.57. The molecule has 138 valence electrons. The molecular formula is C21H25ClN2O2. The maximum absolute atomic E-state index is 10.3. The fourth-order valence-corrected chi connectivity index (χ4v) is 3.87. The number of fused-ring (bicyclic) bond motifs is 1. The van der Waals surface area contributed by atoms with Gasteiger partial charge in [0.2, 0.25) is 6.41 Å². The Bertz CT molecular complexity index is 736. The number of rotatable bonds is 7. The highest BCUT2D eigenvalue weighted by Gasteiger charge is 2.25. The van der Waals surface area contributed by atoms with Crippen molar-refractivity contribution in [3.05, 3.63) is 64.2 Å². The maximum atomic E-state index is 10.3. The molecule has 1 unspecified atom stereocenters. The molecule has 1 aliphatic heterocycles. The van der Waals surface area contributed by atoms with Crippen LogP contribution in [0.5, 0.6) is 5.75 Å². The highest BCUT2D eigenvalue weighted by atomic mass is 35.5. The van der Waals surface area contributed by atoms with Gasteiger partial charge in [0, 0.05) is 25.6 Å². The van der Waals surface area contributed by atoms with Crippen LogP contribution >= 0.6 is 11.6 Å². The van der Waals surface area contributed by atoms with E-state index in [0.717, 1.165) is 51.9 Å². The van der Waals surface area contributed by atoms with Gasteiger partial charge in [-0.15, -0.1) is 0 Å². The summed E-state index contributed by atoms with van der Waals surface area (Å²) < 4.78 is 0. The van der Waals surface area contributed by atoms with Gasteiger partial charge in [-0.1, -0.05) is 41.9 Å². The first-order valence-corrected chi connectivity index (χ1v) is 9.52. The molecule has 1 aliphatic rings. The van der Waals surface area contributed by atoms with Crippen LogP contribution in [0, 0.1) is 0 Å². The second-order valence-electron chi connectivity index (χ2n) is 6.80. The van der Waals surface area contributed by atoms with E-state index < -0.39 is 0 Å². The summed E-state index contributed by atoms with van der Waals surface area (Å²) in [7, 11) is 0. The highest BCUT2D eigenvalue weighted by molar-refractivity contribution is 6.32. The van der Waals surface area contributed by atoms with E-state index in [1.54, 1.807) is 0 Å². The van der Waals surface area contributed by atoms with E-state index in [0.29, 0.717) is 5.02 Å². The van der Waals surface area contributed by atoms with Crippen LogP contribution in [0.25, 0.3) is 0 Å². The predicted molar refractivity (Wildman–Crippen MR) is 105 cm³/mol. The van der Waals surface area contributed by atoms with Gasteiger partial charge in [0.05, 0.1) is 5.02 Å². The zero-order chi connectivity index (χ0) is 18.4. The number of carbonyl (C=O) groups excluding carboxylic acids is 1. The standard InChI is InChI=1S/C21H25ClN2O2/c22-20-12-17-8-11-24(10-5-4-9-23-15-25)14-19(18(17)13-21(20)26)16-6-2-1-3-7-16/h1-3,6-7,12-13,15,19,26H,4-5,8-11,14H2,(H,23,25). The smallest absolute Gasteiger partial charge is 0.207 e. The SMILES string of the molecule is O=CNCCCCN1CCc2cc(Cl)c(O)cc2C(c2ccccc2)C1. The van der Waals surface area contributed by atoms with Crippen molar-refractivity contribution in [3.8, 4) is 5.75 Å². The zero-order valence-electron chi connectivity index (χ0n) is 14.8. The van der Waals surface area contributed by atoms with E-state index in [4.69, 9.17) is 11.6 Å². The monoisotopic (exact) mass is 372 g/mol. The minimum Gasteiger partial charge on any atom is -0.506 e. The zero-order valence-corrected chi connectivity index (χ0v) is 15.6. The molecule has 1 heterocycles. The number of phenolic OH excluding ortho intramolecular Hbond substituents is 1. The highest BCUT2D eigenvalue weighted by Crippen LogP contribution is 2.36. The Morgan fingerprint density at radius 1 is 1.23 bits per heavy atom. The van der Waals surface area contributed by atoms with Gasteiger partial charge in [-0.25, -0.2) is 0 Å². The number of halogens is 1. The minimum atomic E-state index is 0.153. The first-order chi connectivity index (χ1) is 12.7. The molecule has 4 nitrogen and oxygen atoms in total. The number of phenols is 1. The van der Waals surface area contributed by atoms with Crippen molar-refractivity contribution in [3.63, 3.8) is 0 Å². The van der Waals surface area contributed by atoms with Crippen molar-refractivity contribution in [2.75, 3.05) is 26.2 Å². The summed E-state index contributed by atoms with van der Waals surface area (Å²) in [5.74, 6) is 0.365. The maximum Gasteiger partial charge on any atom is 0.207 e. The predicted octanol–water partition coefficient (Wildman–Crippen LogP) is 3.56. The van der Waals surface area contributed by atoms with Crippen LogP contribution in [-0.2, 0) is 11.2 Å². The number of amides is 1. The number of hydrogen-bond acceptors (Lipinski definition) is 3. The Kier molecular flexibility index (Phi) is 6.53. The number of aromatic hydroxyl groups is 1. The van der Waals surface area contributed by atoms with Gasteiger partial charge in [-0.2, -0.15) is 0 Å². The lowest BCUT2D eigenvalue weighted by Crippen LogP contribution is -2.30. The summed E-state index contributed by atoms with van der Waals surface area (Å²) in [6.07, 6.45) is 3.70. The summed E-state index contributed by atoms with van der Waals surface area (Å²) in [5, 5.41) is 13.3. The van der Waals surface area contributed by atoms with E-state index >= 15 is 0 Å². The summed E-state index contributed by atoms with van der Waals surface area (Å²) in [4.78, 5) is 12.8. The van der Waals surface area contributed by atoms with Gasteiger partial charge in [0.15, 0.2) is 0 Å². The summed E-state index contributed by atoms with van der Waals surface area (Å²) >= 11 is 6.16. The second kappa shape index (κ2) is 9.06. The van der Waals surface area contributed by atoms with Crippen LogP contribution in [0.2, 0.25) is 5.02 Å². The van der Waals surface area contributed by atoms with Gasteiger partial charge >= 0.3 is 0 Å².